The first-order chi connectivity index (χ1) is 16.6. The number of hydrogen-bond donors (Lipinski definition) is 2. The molecular weight excluding hydrogens is 428 g/mol. The zero-order valence-corrected chi connectivity index (χ0v) is 19.0. The maximum Gasteiger partial charge on any atom is 0.329 e. The van der Waals surface area contributed by atoms with Crippen LogP contribution in [-0.2, 0) is 0 Å². The summed E-state index contributed by atoms with van der Waals surface area (Å²) in [5.41, 5.74) is 6.59. The summed E-state index contributed by atoms with van der Waals surface area (Å²) in [5, 5.41) is 10.0. The highest BCUT2D eigenvalue weighted by atomic mass is 16.2. The molecule has 0 aliphatic carbocycles. The molecule has 0 spiro atoms. The highest BCUT2D eigenvalue weighted by Crippen LogP contribution is 2.40. The molecule has 1 unspecified atom stereocenters. The van der Waals surface area contributed by atoms with Crippen molar-refractivity contribution in [2.75, 3.05) is 28.2 Å². The lowest BCUT2D eigenvalue weighted by Gasteiger charge is -2.35. The summed E-state index contributed by atoms with van der Waals surface area (Å²) in [4.78, 5) is 31.3. The van der Waals surface area contributed by atoms with Gasteiger partial charge in [0, 0.05) is 48.0 Å². The van der Waals surface area contributed by atoms with Crippen molar-refractivity contribution in [3.8, 4) is 22.4 Å². The fourth-order valence-corrected chi connectivity index (χ4v) is 4.82. The third-order valence-electron chi connectivity index (χ3n) is 6.50. The summed E-state index contributed by atoms with van der Waals surface area (Å²) in [6.45, 7) is 5.63. The summed E-state index contributed by atoms with van der Waals surface area (Å²) >= 11 is 0. The molecule has 1 atom stereocenters. The Balaban J connectivity index is 1.34. The maximum absolute atomic E-state index is 13.6. The Labute approximate surface area is 196 Å². The molecule has 170 valence electrons. The molecule has 2 amide bonds. The van der Waals surface area contributed by atoms with E-state index < -0.39 is 0 Å². The van der Waals surface area contributed by atoms with E-state index in [1.807, 2.05) is 44.2 Å². The van der Waals surface area contributed by atoms with Crippen molar-refractivity contribution < 1.29 is 4.79 Å². The number of fused-ring (bicyclic) bond motifs is 4. The van der Waals surface area contributed by atoms with Gasteiger partial charge in [0.2, 0.25) is 0 Å². The fraction of sp³-hybridized carbons (Fsp3) is 0.240. The van der Waals surface area contributed by atoms with Crippen LogP contribution in [0.3, 0.4) is 0 Å². The van der Waals surface area contributed by atoms with E-state index >= 15 is 0 Å². The third-order valence-corrected chi connectivity index (χ3v) is 6.50. The second-order valence-electron chi connectivity index (χ2n) is 8.75. The molecule has 2 aliphatic heterocycles. The number of rotatable bonds is 3. The minimum absolute atomic E-state index is 0.0636. The van der Waals surface area contributed by atoms with Gasteiger partial charge in [0.15, 0.2) is 5.82 Å². The van der Waals surface area contributed by atoms with E-state index in [0.29, 0.717) is 11.6 Å². The number of nitrogens with one attached hydrogen (secondary N) is 2. The first-order valence-electron chi connectivity index (χ1n) is 11.3. The van der Waals surface area contributed by atoms with E-state index in [-0.39, 0.29) is 12.1 Å². The van der Waals surface area contributed by atoms with E-state index in [2.05, 4.69) is 36.4 Å². The number of amides is 2. The van der Waals surface area contributed by atoms with Crippen LogP contribution in [0.2, 0.25) is 0 Å². The monoisotopic (exact) mass is 452 g/mol. The summed E-state index contributed by atoms with van der Waals surface area (Å²) in [7, 11) is 0. The molecule has 0 aromatic carbocycles. The quantitative estimate of drug-likeness (QED) is 0.484. The van der Waals surface area contributed by atoms with Gasteiger partial charge >= 0.3 is 6.03 Å². The number of hydrogen-bond acceptors (Lipinski definition) is 6. The first-order valence-corrected chi connectivity index (χ1v) is 11.3. The van der Waals surface area contributed by atoms with Crippen LogP contribution in [0.5, 0.6) is 0 Å². The Morgan fingerprint density at radius 3 is 2.76 bits per heavy atom. The van der Waals surface area contributed by atoms with Gasteiger partial charge in [-0.1, -0.05) is 0 Å². The number of carbonyl (C=O) groups excluding carboxylic acids is 1. The topological polar surface area (TPSA) is 103 Å². The Kier molecular flexibility index (Phi) is 4.75. The molecule has 2 aliphatic rings. The lowest BCUT2D eigenvalue weighted by atomic mass is 10.1. The van der Waals surface area contributed by atoms with Gasteiger partial charge in [-0.05, 0) is 62.2 Å². The molecule has 0 radical (unpaired) electrons. The highest BCUT2D eigenvalue weighted by molar-refractivity contribution is 6.04. The Bertz CT molecular complexity index is 1400. The molecule has 6 heterocycles. The molecule has 1 fully saturated rings. The molecule has 2 N–H and O–H groups in total. The van der Waals surface area contributed by atoms with Gasteiger partial charge in [0.1, 0.15) is 5.82 Å². The van der Waals surface area contributed by atoms with Gasteiger partial charge in [-0.2, -0.15) is 5.10 Å². The van der Waals surface area contributed by atoms with Crippen molar-refractivity contribution >= 4 is 23.4 Å². The smallest absolute Gasteiger partial charge is 0.329 e. The molecule has 34 heavy (non-hydrogen) atoms. The van der Waals surface area contributed by atoms with Crippen molar-refractivity contribution in [2.45, 2.75) is 26.3 Å². The predicted octanol–water partition coefficient (Wildman–Crippen LogP) is 4.18. The molecular formula is C25H24N8O. The van der Waals surface area contributed by atoms with E-state index in [1.165, 1.54) is 0 Å². The second kappa shape index (κ2) is 7.95. The SMILES string of the molecule is Cc1cc(-c2ccc3c(n2)N(C(=O)Nc2cc(-c4cn[nH]c4C)ccn2)C2CCN3C2)ccn1. The Morgan fingerprint density at radius 2 is 1.94 bits per heavy atom. The minimum atomic E-state index is -0.225. The standard InChI is InChI=1S/C25H24N8O/c1-15-11-18(6-8-26-15)21-3-4-22-24(29-21)33(19-7-10-32(22)14-19)25(34)30-23-12-17(5-9-27-23)20-13-28-31-16(20)2/h3-6,8-9,11-13,19H,7,10,14H2,1-2H3,(H,28,31)(H,27,30,34). The Hall–Kier alpha value is -4.27. The van der Waals surface area contributed by atoms with Crippen molar-refractivity contribution in [3.63, 3.8) is 0 Å². The molecule has 9 heteroatoms. The number of pyridine rings is 3. The number of urea groups is 1. The predicted molar refractivity (Wildman–Crippen MR) is 131 cm³/mol. The van der Waals surface area contributed by atoms with Gasteiger partial charge in [-0.25, -0.2) is 14.8 Å². The van der Waals surface area contributed by atoms with E-state index in [9.17, 15) is 4.79 Å². The minimum Gasteiger partial charge on any atom is -0.366 e. The number of H-pyrrole nitrogens is 1. The number of aromatic amines is 1. The molecule has 2 bridgehead atoms. The van der Waals surface area contributed by atoms with Crippen LogP contribution in [-0.4, -0.2) is 50.3 Å². The maximum atomic E-state index is 13.6. The molecule has 4 aromatic heterocycles. The van der Waals surface area contributed by atoms with Crippen LogP contribution in [0.4, 0.5) is 22.1 Å². The van der Waals surface area contributed by atoms with Gasteiger partial charge in [-0.3, -0.25) is 20.3 Å². The van der Waals surface area contributed by atoms with Crippen molar-refractivity contribution in [3.05, 3.63) is 66.4 Å². The van der Waals surface area contributed by atoms with Crippen molar-refractivity contribution in [2.24, 2.45) is 0 Å². The number of anilines is 3. The van der Waals surface area contributed by atoms with Gasteiger partial charge < -0.3 is 4.90 Å². The zero-order valence-electron chi connectivity index (χ0n) is 19.0. The third kappa shape index (κ3) is 3.45. The van der Waals surface area contributed by atoms with E-state index in [4.69, 9.17) is 4.98 Å². The number of carbonyl (C=O) groups is 1. The van der Waals surface area contributed by atoms with E-state index in [1.54, 1.807) is 23.5 Å². The molecule has 6 rings (SSSR count). The lowest BCUT2D eigenvalue weighted by molar-refractivity contribution is 0.254. The van der Waals surface area contributed by atoms with Crippen LogP contribution in [0, 0.1) is 13.8 Å². The average molecular weight is 453 g/mol. The highest BCUT2D eigenvalue weighted by Gasteiger charge is 2.40. The normalized spacial score (nSPS) is 16.5. The zero-order chi connectivity index (χ0) is 23.2. The number of nitrogens with zero attached hydrogens (tertiary/aromatic N) is 6. The first kappa shape index (κ1) is 20.3. The summed E-state index contributed by atoms with van der Waals surface area (Å²) < 4.78 is 0. The fourth-order valence-electron chi connectivity index (χ4n) is 4.82. The lowest BCUT2D eigenvalue weighted by Crippen LogP contribution is -2.48. The molecule has 1 saturated heterocycles. The van der Waals surface area contributed by atoms with Gasteiger partial charge in [0.05, 0.1) is 23.6 Å². The largest absolute Gasteiger partial charge is 0.366 e. The van der Waals surface area contributed by atoms with Gasteiger partial charge in [0.25, 0.3) is 0 Å². The molecule has 4 aromatic rings. The van der Waals surface area contributed by atoms with Crippen LogP contribution in [0.25, 0.3) is 22.4 Å². The average Bonchev–Trinajstić information content (AvgIpc) is 3.46. The molecule has 9 nitrogen and oxygen atoms in total. The van der Waals surface area contributed by atoms with Crippen molar-refractivity contribution in [1.82, 2.24) is 25.1 Å². The molecule has 0 saturated carbocycles. The van der Waals surface area contributed by atoms with Crippen LogP contribution >= 0.6 is 0 Å². The number of aromatic nitrogens is 5. The van der Waals surface area contributed by atoms with Crippen LogP contribution in [0.15, 0.2) is 55.0 Å². The van der Waals surface area contributed by atoms with Gasteiger partial charge in [-0.15, -0.1) is 0 Å². The summed E-state index contributed by atoms with van der Waals surface area (Å²) in [5.74, 6) is 1.17. The number of aryl methyl sites for hydroxylation is 2. The Morgan fingerprint density at radius 1 is 1.09 bits per heavy atom. The van der Waals surface area contributed by atoms with Crippen molar-refractivity contribution in [1.29, 1.82) is 0 Å². The van der Waals surface area contributed by atoms with E-state index in [0.717, 1.165) is 59.0 Å². The second-order valence-corrected chi connectivity index (χ2v) is 8.75. The van der Waals surface area contributed by atoms with Crippen LogP contribution in [0.1, 0.15) is 17.8 Å². The summed E-state index contributed by atoms with van der Waals surface area (Å²) in [6.07, 6.45) is 6.15. The summed E-state index contributed by atoms with van der Waals surface area (Å²) in [6, 6.07) is 11.6. The van der Waals surface area contributed by atoms with Crippen LogP contribution < -0.4 is 15.1 Å².